The van der Waals surface area contributed by atoms with Crippen LogP contribution in [0.3, 0.4) is 0 Å². The first-order chi connectivity index (χ1) is 8.79. The zero-order chi connectivity index (χ0) is 12.8. The van der Waals surface area contributed by atoms with Crippen LogP contribution in [0.1, 0.15) is 5.56 Å². The molecule has 0 spiro atoms. The number of rotatable bonds is 4. The smallest absolute Gasteiger partial charge is 0.315 e. The van der Waals surface area contributed by atoms with E-state index in [1.165, 1.54) is 0 Å². The van der Waals surface area contributed by atoms with Gasteiger partial charge in [-0.15, -0.1) is 0 Å². The number of carbonyl (C=O) groups excluding carboxylic acids is 1. The normalized spacial score (nSPS) is 17.5. The van der Waals surface area contributed by atoms with Gasteiger partial charge in [0, 0.05) is 13.7 Å². The molecule has 5 heteroatoms. The van der Waals surface area contributed by atoms with E-state index >= 15 is 0 Å². The fourth-order valence-corrected chi connectivity index (χ4v) is 1.92. The van der Waals surface area contributed by atoms with E-state index in [1.54, 1.807) is 7.11 Å². The van der Waals surface area contributed by atoms with Gasteiger partial charge in [0.2, 0.25) is 0 Å². The number of hydrogen-bond acceptors (Lipinski definition) is 3. The van der Waals surface area contributed by atoms with Crippen LogP contribution >= 0.6 is 0 Å². The van der Waals surface area contributed by atoms with Crippen molar-refractivity contribution in [2.45, 2.75) is 12.5 Å². The Balaban J connectivity index is 1.80. The zero-order valence-electron chi connectivity index (χ0n) is 10.4. The largest absolute Gasteiger partial charge is 0.491 e. The molecule has 5 nitrogen and oxygen atoms in total. The molecular weight excluding hydrogens is 232 g/mol. The van der Waals surface area contributed by atoms with Crippen molar-refractivity contribution in [1.82, 2.24) is 10.6 Å². The maximum Gasteiger partial charge on any atom is 0.315 e. The molecule has 1 aliphatic heterocycles. The Morgan fingerprint density at radius 2 is 2.33 bits per heavy atom. The maximum absolute atomic E-state index is 11.6. The molecule has 1 aromatic carbocycles. The van der Waals surface area contributed by atoms with E-state index in [4.69, 9.17) is 9.47 Å². The van der Waals surface area contributed by atoms with Crippen LogP contribution in [0, 0.1) is 0 Å². The summed E-state index contributed by atoms with van der Waals surface area (Å²) in [5.74, 6) is 0.912. The number of nitrogens with one attached hydrogen (secondary N) is 2. The minimum absolute atomic E-state index is 0.0162. The van der Waals surface area contributed by atoms with Crippen molar-refractivity contribution in [3.8, 4) is 5.75 Å². The molecule has 0 fully saturated rings. The van der Waals surface area contributed by atoms with E-state index in [0.29, 0.717) is 19.8 Å². The molecule has 1 atom stereocenters. The van der Waals surface area contributed by atoms with E-state index in [0.717, 1.165) is 17.7 Å². The number of para-hydroxylation sites is 1. The summed E-state index contributed by atoms with van der Waals surface area (Å²) >= 11 is 0. The number of hydrogen-bond donors (Lipinski definition) is 2. The van der Waals surface area contributed by atoms with Crippen LogP contribution in [0.25, 0.3) is 0 Å². The minimum Gasteiger partial charge on any atom is -0.491 e. The average molecular weight is 250 g/mol. The second-order valence-corrected chi connectivity index (χ2v) is 4.21. The third-order valence-corrected chi connectivity index (χ3v) is 2.81. The molecule has 18 heavy (non-hydrogen) atoms. The first-order valence-corrected chi connectivity index (χ1v) is 6.03. The fraction of sp³-hybridized carbons (Fsp3) is 0.462. The second kappa shape index (κ2) is 6.26. The van der Waals surface area contributed by atoms with E-state index in [1.807, 2.05) is 24.3 Å². The zero-order valence-corrected chi connectivity index (χ0v) is 10.4. The van der Waals surface area contributed by atoms with Crippen LogP contribution in [0.15, 0.2) is 24.3 Å². The standard InChI is InChI=1S/C13H18N2O3/c1-17-7-6-14-13(16)15-11-8-10-4-2-3-5-12(10)18-9-11/h2-5,11H,6-9H2,1H3,(H2,14,15,16)/t11-/m1/s1. The highest BCUT2D eigenvalue weighted by atomic mass is 16.5. The van der Waals surface area contributed by atoms with E-state index < -0.39 is 0 Å². The average Bonchev–Trinajstić information content (AvgIpc) is 2.39. The molecule has 2 N–H and O–H groups in total. The molecule has 0 saturated carbocycles. The predicted molar refractivity (Wildman–Crippen MR) is 67.8 cm³/mol. The van der Waals surface area contributed by atoms with Gasteiger partial charge < -0.3 is 20.1 Å². The Labute approximate surface area is 106 Å². The minimum atomic E-state index is -0.181. The summed E-state index contributed by atoms with van der Waals surface area (Å²) < 4.78 is 10.5. The van der Waals surface area contributed by atoms with Gasteiger partial charge in [-0.3, -0.25) is 0 Å². The molecule has 1 aromatic rings. The lowest BCUT2D eigenvalue weighted by atomic mass is 10.0. The summed E-state index contributed by atoms with van der Waals surface area (Å²) in [5, 5.41) is 5.61. The topological polar surface area (TPSA) is 59.6 Å². The van der Waals surface area contributed by atoms with Gasteiger partial charge >= 0.3 is 6.03 Å². The first kappa shape index (κ1) is 12.7. The van der Waals surface area contributed by atoms with Crippen molar-refractivity contribution in [2.75, 3.05) is 26.9 Å². The lowest BCUT2D eigenvalue weighted by molar-refractivity contribution is 0.191. The number of benzene rings is 1. The summed E-state index contributed by atoms with van der Waals surface area (Å²) in [6.45, 7) is 1.53. The second-order valence-electron chi connectivity index (χ2n) is 4.21. The van der Waals surface area contributed by atoms with Gasteiger partial charge in [0.05, 0.1) is 12.6 Å². The fourth-order valence-electron chi connectivity index (χ4n) is 1.92. The summed E-state index contributed by atoms with van der Waals surface area (Å²) in [6, 6.07) is 7.73. The van der Waals surface area contributed by atoms with Gasteiger partial charge in [-0.1, -0.05) is 18.2 Å². The van der Waals surface area contributed by atoms with Crippen LogP contribution < -0.4 is 15.4 Å². The molecule has 0 unspecified atom stereocenters. The quantitative estimate of drug-likeness (QED) is 0.782. The number of methoxy groups -OCH3 is 1. The predicted octanol–water partition coefficient (Wildman–Crippen LogP) is 0.936. The Morgan fingerprint density at radius 1 is 1.50 bits per heavy atom. The molecule has 0 bridgehead atoms. The number of fused-ring (bicyclic) bond motifs is 1. The van der Waals surface area contributed by atoms with Gasteiger partial charge in [-0.2, -0.15) is 0 Å². The molecule has 98 valence electrons. The van der Waals surface area contributed by atoms with Crippen molar-refractivity contribution >= 4 is 6.03 Å². The van der Waals surface area contributed by atoms with Gasteiger partial charge in [0.1, 0.15) is 12.4 Å². The van der Waals surface area contributed by atoms with Crippen molar-refractivity contribution in [3.05, 3.63) is 29.8 Å². The van der Waals surface area contributed by atoms with Gasteiger partial charge in [0.25, 0.3) is 0 Å². The van der Waals surface area contributed by atoms with Gasteiger partial charge in [0.15, 0.2) is 0 Å². The molecule has 2 rings (SSSR count). The van der Waals surface area contributed by atoms with E-state index in [9.17, 15) is 4.79 Å². The Morgan fingerprint density at radius 3 is 3.17 bits per heavy atom. The van der Waals surface area contributed by atoms with Crippen molar-refractivity contribution < 1.29 is 14.3 Å². The van der Waals surface area contributed by atoms with Crippen LogP contribution in [-0.2, 0) is 11.2 Å². The molecule has 1 aliphatic rings. The van der Waals surface area contributed by atoms with Gasteiger partial charge in [-0.25, -0.2) is 4.79 Å². The van der Waals surface area contributed by atoms with Crippen LogP contribution in [0.4, 0.5) is 4.79 Å². The van der Waals surface area contributed by atoms with E-state index in [-0.39, 0.29) is 12.1 Å². The van der Waals surface area contributed by atoms with Crippen molar-refractivity contribution in [2.24, 2.45) is 0 Å². The van der Waals surface area contributed by atoms with Gasteiger partial charge in [-0.05, 0) is 18.1 Å². The molecule has 1 heterocycles. The molecule has 0 radical (unpaired) electrons. The Kier molecular flexibility index (Phi) is 4.41. The summed E-state index contributed by atoms with van der Waals surface area (Å²) in [6.07, 6.45) is 0.799. The third kappa shape index (κ3) is 3.37. The highest BCUT2D eigenvalue weighted by molar-refractivity contribution is 5.74. The number of urea groups is 1. The van der Waals surface area contributed by atoms with Crippen LogP contribution in [0.5, 0.6) is 5.75 Å². The van der Waals surface area contributed by atoms with Crippen molar-refractivity contribution in [1.29, 1.82) is 0 Å². The number of carbonyl (C=O) groups is 1. The lowest BCUT2D eigenvalue weighted by Crippen LogP contribution is -2.47. The lowest BCUT2D eigenvalue weighted by Gasteiger charge is -2.26. The van der Waals surface area contributed by atoms with E-state index in [2.05, 4.69) is 10.6 Å². The molecular formula is C13H18N2O3. The summed E-state index contributed by atoms with van der Waals surface area (Å²) in [7, 11) is 1.60. The molecule has 0 aromatic heterocycles. The molecule has 0 saturated heterocycles. The Bertz CT molecular complexity index is 409. The maximum atomic E-state index is 11.6. The molecule has 0 aliphatic carbocycles. The molecule has 2 amide bonds. The third-order valence-electron chi connectivity index (χ3n) is 2.81. The first-order valence-electron chi connectivity index (χ1n) is 6.03. The number of amides is 2. The SMILES string of the molecule is COCCNC(=O)N[C@H]1COc2ccccc2C1. The highest BCUT2D eigenvalue weighted by Gasteiger charge is 2.20. The van der Waals surface area contributed by atoms with Crippen molar-refractivity contribution in [3.63, 3.8) is 0 Å². The van der Waals surface area contributed by atoms with Crippen LogP contribution in [-0.4, -0.2) is 38.9 Å². The van der Waals surface area contributed by atoms with Crippen LogP contribution in [0.2, 0.25) is 0 Å². The number of ether oxygens (including phenoxy) is 2. The Hall–Kier alpha value is -1.75. The summed E-state index contributed by atoms with van der Waals surface area (Å²) in [4.78, 5) is 11.6. The monoisotopic (exact) mass is 250 g/mol. The highest BCUT2D eigenvalue weighted by Crippen LogP contribution is 2.23. The summed E-state index contributed by atoms with van der Waals surface area (Å²) in [5.41, 5.74) is 1.13.